The van der Waals surface area contributed by atoms with E-state index in [1.165, 1.54) is 32.1 Å². The van der Waals surface area contributed by atoms with Crippen molar-refractivity contribution in [1.82, 2.24) is 0 Å². The molecule has 0 radical (unpaired) electrons. The average molecular weight is 168 g/mol. The zero-order chi connectivity index (χ0) is 9.23. The Hall–Kier alpha value is -0.560. The smallest absolute Gasteiger partial charge is 0.0319 e. The summed E-state index contributed by atoms with van der Waals surface area (Å²) < 4.78 is 0. The van der Waals surface area contributed by atoms with Crippen LogP contribution in [0.15, 0.2) is 24.3 Å². The van der Waals surface area contributed by atoms with E-state index in [2.05, 4.69) is 12.7 Å². The van der Waals surface area contributed by atoms with Crippen LogP contribution in [0, 0.1) is 0 Å². The van der Waals surface area contributed by atoms with Crippen LogP contribution in [0.3, 0.4) is 0 Å². The third kappa shape index (κ3) is 5.14. The Morgan fingerprint density at radius 1 is 1.50 bits per heavy atom. The molecule has 0 aromatic carbocycles. The van der Waals surface area contributed by atoms with Crippen molar-refractivity contribution in [3.8, 4) is 0 Å². The molecule has 0 bridgehead atoms. The van der Waals surface area contributed by atoms with Crippen LogP contribution in [-0.4, -0.2) is 12.2 Å². The lowest BCUT2D eigenvalue weighted by atomic mass is 9.96. The lowest BCUT2D eigenvalue weighted by molar-refractivity contribution is 0.399. The first-order valence-corrected chi connectivity index (χ1v) is 4.67. The summed E-state index contributed by atoms with van der Waals surface area (Å²) in [4.78, 5) is 0. The van der Waals surface area contributed by atoms with Crippen LogP contribution in [0.4, 0.5) is 0 Å². The number of allylic oxidation sites excluding steroid dienone is 3. The molecule has 0 saturated carbocycles. The highest BCUT2D eigenvalue weighted by atomic mass is 16.2. The minimum atomic E-state index is 1.00. The van der Waals surface area contributed by atoms with Crippen molar-refractivity contribution in [2.75, 3.05) is 7.11 Å². The Morgan fingerprint density at radius 3 is 2.75 bits per heavy atom. The fraction of sp³-hybridized carbons (Fsp3) is 0.636. The van der Waals surface area contributed by atoms with Gasteiger partial charge in [-0.05, 0) is 38.5 Å². The molecule has 1 N–H and O–H groups in total. The highest BCUT2D eigenvalue weighted by molar-refractivity contribution is 5.05. The first-order chi connectivity index (χ1) is 5.93. The zero-order valence-corrected chi connectivity index (χ0v) is 8.05. The maximum absolute atomic E-state index is 7.00. The molecule has 70 valence electrons. The quantitative estimate of drug-likeness (QED) is 0.642. The average Bonchev–Trinajstić information content (AvgIpc) is 2.19. The van der Waals surface area contributed by atoms with Gasteiger partial charge in [-0.15, -0.1) is 6.58 Å². The Bertz CT molecular complexity index is 136. The van der Waals surface area contributed by atoms with Gasteiger partial charge in [-0.25, -0.2) is 0 Å². The van der Waals surface area contributed by atoms with Crippen molar-refractivity contribution in [2.45, 2.75) is 38.5 Å². The molecule has 1 aliphatic carbocycles. The number of aliphatic hydroxyl groups is 1. The molecule has 1 heteroatoms. The first kappa shape index (κ1) is 11.4. The first-order valence-electron chi connectivity index (χ1n) is 4.67. The van der Waals surface area contributed by atoms with Gasteiger partial charge in [0.2, 0.25) is 0 Å². The van der Waals surface area contributed by atoms with Gasteiger partial charge in [-0.3, -0.25) is 0 Å². The van der Waals surface area contributed by atoms with Crippen LogP contribution in [0.5, 0.6) is 0 Å². The second kappa shape index (κ2) is 8.54. The van der Waals surface area contributed by atoms with Gasteiger partial charge in [-0.1, -0.05) is 17.7 Å². The van der Waals surface area contributed by atoms with E-state index >= 15 is 0 Å². The van der Waals surface area contributed by atoms with Crippen molar-refractivity contribution >= 4 is 0 Å². The van der Waals surface area contributed by atoms with Crippen molar-refractivity contribution < 1.29 is 5.11 Å². The molecular formula is C11H20O. The van der Waals surface area contributed by atoms with Gasteiger partial charge in [0.25, 0.3) is 0 Å². The molecule has 0 spiro atoms. The molecule has 1 nitrogen and oxygen atoms in total. The van der Waals surface area contributed by atoms with E-state index in [1.807, 2.05) is 6.08 Å². The van der Waals surface area contributed by atoms with Gasteiger partial charge in [0.05, 0.1) is 0 Å². The Kier molecular flexibility index (Phi) is 8.14. The predicted molar refractivity (Wildman–Crippen MR) is 54.1 cm³/mol. The SMILES string of the molecule is C=CCCC1=CCCCC1.CO. The molecule has 0 aromatic heterocycles. The number of aliphatic hydroxyl groups excluding tert-OH is 1. The monoisotopic (exact) mass is 168 g/mol. The second-order valence-electron chi connectivity index (χ2n) is 2.94. The summed E-state index contributed by atoms with van der Waals surface area (Å²) in [5, 5.41) is 7.00. The Labute approximate surface area is 75.8 Å². The predicted octanol–water partition coefficient (Wildman–Crippen LogP) is 3.06. The van der Waals surface area contributed by atoms with Crippen molar-refractivity contribution in [1.29, 1.82) is 0 Å². The largest absolute Gasteiger partial charge is 0.400 e. The number of hydrogen-bond acceptors (Lipinski definition) is 1. The second-order valence-corrected chi connectivity index (χ2v) is 2.94. The molecule has 1 rings (SSSR count). The minimum absolute atomic E-state index is 1.00. The van der Waals surface area contributed by atoms with Gasteiger partial charge >= 0.3 is 0 Å². The Balaban J connectivity index is 0.000000561. The van der Waals surface area contributed by atoms with Crippen LogP contribution >= 0.6 is 0 Å². The molecule has 0 atom stereocenters. The third-order valence-corrected chi connectivity index (χ3v) is 2.05. The highest BCUT2D eigenvalue weighted by Crippen LogP contribution is 2.20. The standard InChI is InChI=1S/C10H16.CH4O/c1-2-3-7-10-8-5-4-6-9-10;1-2/h2,8H,1,3-7,9H2;2H,1H3. The van der Waals surface area contributed by atoms with E-state index in [0.717, 1.165) is 13.5 Å². The van der Waals surface area contributed by atoms with Crippen molar-refractivity contribution in [3.63, 3.8) is 0 Å². The molecule has 0 saturated heterocycles. The van der Waals surface area contributed by atoms with Gasteiger partial charge in [0, 0.05) is 7.11 Å². The maximum Gasteiger partial charge on any atom is 0.0319 e. The van der Waals surface area contributed by atoms with Gasteiger partial charge < -0.3 is 5.11 Å². The van der Waals surface area contributed by atoms with E-state index in [1.54, 1.807) is 5.57 Å². The Morgan fingerprint density at radius 2 is 2.25 bits per heavy atom. The van der Waals surface area contributed by atoms with E-state index in [-0.39, 0.29) is 0 Å². The van der Waals surface area contributed by atoms with Crippen LogP contribution < -0.4 is 0 Å². The fourth-order valence-electron chi connectivity index (χ4n) is 1.42. The molecule has 12 heavy (non-hydrogen) atoms. The minimum Gasteiger partial charge on any atom is -0.400 e. The van der Waals surface area contributed by atoms with Crippen LogP contribution in [0.1, 0.15) is 38.5 Å². The summed E-state index contributed by atoms with van der Waals surface area (Å²) in [7, 11) is 1.00. The molecule has 0 unspecified atom stereocenters. The lowest BCUT2D eigenvalue weighted by Gasteiger charge is -2.10. The number of rotatable bonds is 3. The molecule has 0 aliphatic heterocycles. The molecule has 0 amide bonds. The van der Waals surface area contributed by atoms with E-state index in [9.17, 15) is 0 Å². The van der Waals surface area contributed by atoms with Crippen LogP contribution in [0.25, 0.3) is 0 Å². The third-order valence-electron chi connectivity index (χ3n) is 2.05. The van der Waals surface area contributed by atoms with E-state index in [4.69, 9.17) is 5.11 Å². The van der Waals surface area contributed by atoms with Crippen LogP contribution in [-0.2, 0) is 0 Å². The molecule has 1 aliphatic rings. The lowest BCUT2D eigenvalue weighted by Crippen LogP contribution is -1.90. The summed E-state index contributed by atoms with van der Waals surface area (Å²) in [5.74, 6) is 0. The van der Waals surface area contributed by atoms with E-state index < -0.39 is 0 Å². The highest BCUT2D eigenvalue weighted by Gasteiger charge is 2.00. The summed E-state index contributed by atoms with van der Waals surface area (Å²) >= 11 is 0. The molecular weight excluding hydrogens is 148 g/mol. The molecule has 0 aromatic rings. The summed E-state index contributed by atoms with van der Waals surface area (Å²) in [6.45, 7) is 3.72. The van der Waals surface area contributed by atoms with E-state index in [0.29, 0.717) is 0 Å². The van der Waals surface area contributed by atoms with Gasteiger partial charge in [0.1, 0.15) is 0 Å². The van der Waals surface area contributed by atoms with Crippen molar-refractivity contribution in [3.05, 3.63) is 24.3 Å². The number of hydrogen-bond donors (Lipinski definition) is 1. The topological polar surface area (TPSA) is 20.2 Å². The maximum atomic E-state index is 7.00. The van der Waals surface area contributed by atoms with Gasteiger partial charge in [-0.2, -0.15) is 0 Å². The zero-order valence-electron chi connectivity index (χ0n) is 8.05. The van der Waals surface area contributed by atoms with Gasteiger partial charge in [0.15, 0.2) is 0 Å². The fourth-order valence-corrected chi connectivity index (χ4v) is 1.42. The summed E-state index contributed by atoms with van der Waals surface area (Å²) in [6.07, 6.45) is 12.3. The molecule has 0 fully saturated rings. The normalized spacial score (nSPS) is 15.7. The summed E-state index contributed by atoms with van der Waals surface area (Å²) in [6, 6.07) is 0. The van der Waals surface area contributed by atoms with Crippen LogP contribution in [0.2, 0.25) is 0 Å². The molecule has 0 heterocycles. The summed E-state index contributed by atoms with van der Waals surface area (Å²) in [5.41, 5.74) is 1.66. The van der Waals surface area contributed by atoms with Crippen molar-refractivity contribution in [2.24, 2.45) is 0 Å².